The first-order valence-corrected chi connectivity index (χ1v) is 12.1. The van der Waals surface area contributed by atoms with Crippen molar-refractivity contribution in [3.8, 4) is 5.75 Å². The van der Waals surface area contributed by atoms with Gasteiger partial charge < -0.3 is 18.9 Å². The Balaban J connectivity index is 1.32. The van der Waals surface area contributed by atoms with Crippen molar-refractivity contribution >= 4 is 11.8 Å². The van der Waals surface area contributed by atoms with Crippen LogP contribution in [0.15, 0.2) is 115 Å². The molecule has 0 saturated heterocycles. The van der Waals surface area contributed by atoms with Crippen molar-refractivity contribution in [3.63, 3.8) is 0 Å². The monoisotopic (exact) mass is 513 g/mol. The van der Waals surface area contributed by atoms with E-state index in [1.807, 2.05) is 91.0 Å². The Hall–Kier alpha value is -4.53. The number of hydrogen-bond donors (Lipinski definition) is 0. The van der Waals surface area contributed by atoms with Gasteiger partial charge in [-0.3, -0.25) is 10.1 Å². The molecule has 0 unspecified atom stereocenters. The van der Waals surface area contributed by atoms with Crippen molar-refractivity contribution in [1.29, 1.82) is 0 Å². The van der Waals surface area contributed by atoms with E-state index in [1.165, 1.54) is 24.3 Å². The molecule has 0 radical (unpaired) electrons. The van der Waals surface area contributed by atoms with Gasteiger partial charge in [0.05, 0.1) is 24.7 Å². The first kappa shape index (κ1) is 26.5. The number of carbonyl (C=O) groups excluding carboxylic acids is 1. The predicted octanol–water partition coefficient (Wildman–Crippen LogP) is 6.14. The van der Waals surface area contributed by atoms with Crippen LogP contribution in [0.3, 0.4) is 0 Å². The van der Waals surface area contributed by atoms with E-state index in [9.17, 15) is 14.9 Å². The number of benzene rings is 4. The zero-order valence-corrected chi connectivity index (χ0v) is 20.6. The van der Waals surface area contributed by atoms with Gasteiger partial charge >= 0.3 is 6.16 Å². The Morgan fingerprint density at radius 1 is 0.658 bits per heavy atom. The Kier molecular flexibility index (Phi) is 9.17. The van der Waals surface area contributed by atoms with E-state index in [0.717, 1.165) is 16.7 Å². The van der Waals surface area contributed by atoms with E-state index in [0.29, 0.717) is 0 Å². The summed E-state index contributed by atoms with van der Waals surface area (Å²) >= 11 is 0. The molecule has 0 N–H and O–H groups in total. The third kappa shape index (κ3) is 6.61. The van der Waals surface area contributed by atoms with Gasteiger partial charge in [-0.15, -0.1) is 0 Å². The molecule has 8 heteroatoms. The van der Waals surface area contributed by atoms with Crippen molar-refractivity contribution in [1.82, 2.24) is 0 Å². The van der Waals surface area contributed by atoms with Crippen molar-refractivity contribution in [2.45, 2.75) is 5.60 Å². The average Bonchev–Trinajstić information content (AvgIpc) is 2.96. The molecule has 0 aliphatic carbocycles. The normalized spacial score (nSPS) is 11.1. The number of non-ortho nitro benzene ring substituents is 1. The highest BCUT2D eigenvalue weighted by Crippen LogP contribution is 2.40. The van der Waals surface area contributed by atoms with E-state index < -0.39 is 16.7 Å². The summed E-state index contributed by atoms with van der Waals surface area (Å²) in [4.78, 5) is 22.0. The number of carbonyl (C=O) groups is 1. The van der Waals surface area contributed by atoms with E-state index in [-0.39, 0.29) is 37.9 Å². The van der Waals surface area contributed by atoms with Crippen molar-refractivity contribution in [2.75, 3.05) is 26.4 Å². The number of nitrogens with zero attached hydrogens (tertiary/aromatic N) is 1. The van der Waals surface area contributed by atoms with Gasteiger partial charge in [0.15, 0.2) is 0 Å². The summed E-state index contributed by atoms with van der Waals surface area (Å²) in [6.45, 7) is 0.682. The second-order valence-corrected chi connectivity index (χ2v) is 8.19. The summed E-state index contributed by atoms with van der Waals surface area (Å²) in [5.41, 5.74) is 2.05. The van der Waals surface area contributed by atoms with E-state index in [2.05, 4.69) is 0 Å². The van der Waals surface area contributed by atoms with Gasteiger partial charge in [-0.25, -0.2) is 4.79 Å². The number of rotatable bonds is 12. The van der Waals surface area contributed by atoms with E-state index in [1.54, 1.807) is 0 Å². The number of hydrogen-bond acceptors (Lipinski definition) is 7. The molecule has 8 nitrogen and oxygen atoms in total. The summed E-state index contributed by atoms with van der Waals surface area (Å²) in [7, 11) is 0. The topological polar surface area (TPSA) is 97.1 Å². The molecule has 0 fully saturated rings. The van der Waals surface area contributed by atoms with Crippen molar-refractivity contribution in [3.05, 3.63) is 142 Å². The fraction of sp³-hybridized carbons (Fsp3) is 0.167. The highest BCUT2D eigenvalue weighted by atomic mass is 16.7. The lowest BCUT2D eigenvalue weighted by Gasteiger charge is -2.36. The van der Waals surface area contributed by atoms with Crippen LogP contribution in [0.25, 0.3) is 0 Å². The molecular formula is C30H27NO7. The maximum Gasteiger partial charge on any atom is 0.513 e. The standard InChI is InChI=1S/C30H27NO7/c32-29(38-28-18-16-27(17-19-28)31(33)34)36-22-20-35-21-23-37-30(24-10-4-1-5-11-24,25-12-6-2-7-13-25)26-14-8-3-9-15-26/h1-19H,20-23H2. The first-order chi connectivity index (χ1) is 18.6. The van der Waals surface area contributed by atoms with Crippen LogP contribution in [0.2, 0.25) is 0 Å². The lowest BCUT2D eigenvalue weighted by Crippen LogP contribution is -2.34. The Bertz CT molecular complexity index is 1200. The summed E-state index contributed by atoms with van der Waals surface area (Å²) in [5, 5.41) is 10.7. The van der Waals surface area contributed by atoms with Gasteiger partial charge in [0.25, 0.3) is 5.69 Å². The van der Waals surface area contributed by atoms with Gasteiger partial charge in [0.1, 0.15) is 18.0 Å². The molecule has 0 aliphatic heterocycles. The molecule has 4 rings (SSSR count). The number of nitro groups is 1. The molecule has 0 saturated carbocycles. The van der Waals surface area contributed by atoms with E-state index in [4.69, 9.17) is 18.9 Å². The quantitative estimate of drug-likeness (QED) is 0.0561. The number of ether oxygens (including phenoxy) is 4. The molecule has 4 aromatic carbocycles. The third-order valence-corrected chi connectivity index (χ3v) is 5.78. The van der Waals surface area contributed by atoms with Crippen LogP contribution in [0.4, 0.5) is 10.5 Å². The smallest absolute Gasteiger partial charge is 0.432 e. The first-order valence-electron chi connectivity index (χ1n) is 12.1. The Morgan fingerprint density at radius 2 is 1.13 bits per heavy atom. The molecule has 0 aliphatic rings. The van der Waals surface area contributed by atoms with Gasteiger partial charge in [0, 0.05) is 12.1 Å². The molecular weight excluding hydrogens is 486 g/mol. The molecule has 194 valence electrons. The van der Waals surface area contributed by atoms with Gasteiger partial charge in [-0.2, -0.15) is 0 Å². The molecule has 38 heavy (non-hydrogen) atoms. The minimum absolute atomic E-state index is 0.0208. The second kappa shape index (κ2) is 13.1. The maximum atomic E-state index is 11.9. The molecule has 0 amide bonds. The van der Waals surface area contributed by atoms with Crippen LogP contribution in [-0.4, -0.2) is 37.5 Å². The maximum absolute atomic E-state index is 11.9. The molecule has 0 spiro atoms. The lowest BCUT2D eigenvalue weighted by molar-refractivity contribution is -0.384. The Morgan fingerprint density at radius 3 is 1.61 bits per heavy atom. The van der Waals surface area contributed by atoms with Crippen molar-refractivity contribution in [2.24, 2.45) is 0 Å². The van der Waals surface area contributed by atoms with Crippen LogP contribution in [0.5, 0.6) is 5.75 Å². The minimum Gasteiger partial charge on any atom is -0.432 e. The molecule has 0 atom stereocenters. The summed E-state index contributed by atoms with van der Waals surface area (Å²) in [6, 6.07) is 35.3. The largest absolute Gasteiger partial charge is 0.513 e. The summed E-state index contributed by atoms with van der Waals surface area (Å²) < 4.78 is 22.3. The van der Waals surface area contributed by atoms with Crippen molar-refractivity contribution < 1.29 is 28.7 Å². The lowest BCUT2D eigenvalue weighted by atomic mass is 9.80. The van der Waals surface area contributed by atoms with Crippen LogP contribution < -0.4 is 4.74 Å². The van der Waals surface area contributed by atoms with Crippen LogP contribution in [-0.2, 0) is 19.8 Å². The summed E-state index contributed by atoms with van der Waals surface area (Å²) in [5.74, 6) is 0.147. The van der Waals surface area contributed by atoms with Gasteiger partial charge in [-0.1, -0.05) is 91.0 Å². The van der Waals surface area contributed by atoms with Crippen LogP contribution in [0, 0.1) is 10.1 Å². The molecule has 0 aromatic heterocycles. The predicted molar refractivity (Wildman–Crippen MR) is 141 cm³/mol. The molecule has 0 bridgehead atoms. The van der Waals surface area contributed by atoms with Crippen LogP contribution >= 0.6 is 0 Å². The highest BCUT2D eigenvalue weighted by molar-refractivity contribution is 5.64. The third-order valence-electron chi connectivity index (χ3n) is 5.78. The fourth-order valence-corrected chi connectivity index (χ4v) is 4.07. The number of nitro benzene ring substituents is 1. The fourth-order valence-electron chi connectivity index (χ4n) is 4.07. The second-order valence-electron chi connectivity index (χ2n) is 8.19. The minimum atomic E-state index is -0.921. The Labute approximate surface area is 220 Å². The zero-order chi connectivity index (χ0) is 26.6. The van der Waals surface area contributed by atoms with Gasteiger partial charge in [0.2, 0.25) is 0 Å². The van der Waals surface area contributed by atoms with E-state index >= 15 is 0 Å². The molecule has 0 heterocycles. The highest BCUT2D eigenvalue weighted by Gasteiger charge is 2.37. The SMILES string of the molecule is O=C(OCCOCCOC(c1ccccc1)(c1ccccc1)c1ccccc1)Oc1ccc([N+](=O)[O-])cc1. The van der Waals surface area contributed by atoms with Crippen LogP contribution in [0.1, 0.15) is 16.7 Å². The van der Waals surface area contributed by atoms with Gasteiger partial charge in [-0.05, 0) is 28.8 Å². The average molecular weight is 514 g/mol. The zero-order valence-electron chi connectivity index (χ0n) is 20.6. The molecule has 4 aromatic rings. The summed E-state index contributed by atoms with van der Waals surface area (Å²) in [6.07, 6.45) is -0.921.